The molecular weight excluding hydrogens is 338 g/mol. The molecule has 0 aromatic heterocycles. The molecule has 2 aromatic rings. The SMILES string of the molecule is Cc1ccc(OCC(=O)Nc2cccc(C3SCCS3)c2)cc1C. The van der Waals surface area contributed by atoms with Crippen molar-refractivity contribution in [1.29, 1.82) is 0 Å². The molecule has 0 saturated carbocycles. The molecule has 0 atom stereocenters. The summed E-state index contributed by atoms with van der Waals surface area (Å²) in [6, 6.07) is 13.9. The zero-order valence-electron chi connectivity index (χ0n) is 13.9. The second kappa shape index (κ2) is 7.99. The summed E-state index contributed by atoms with van der Waals surface area (Å²) < 4.78 is 6.07. The Balaban J connectivity index is 1.56. The van der Waals surface area contributed by atoms with E-state index in [0.717, 1.165) is 17.0 Å². The predicted octanol–water partition coefficient (Wildman–Crippen LogP) is 4.80. The third-order valence-electron chi connectivity index (χ3n) is 3.91. The number of aryl methyl sites for hydroxylation is 2. The molecule has 1 heterocycles. The summed E-state index contributed by atoms with van der Waals surface area (Å²) in [6.07, 6.45) is 0. The predicted molar refractivity (Wildman–Crippen MR) is 104 cm³/mol. The van der Waals surface area contributed by atoms with Gasteiger partial charge in [-0.05, 0) is 54.8 Å². The molecule has 1 N–H and O–H groups in total. The van der Waals surface area contributed by atoms with Crippen LogP contribution in [0.3, 0.4) is 0 Å². The summed E-state index contributed by atoms with van der Waals surface area (Å²) >= 11 is 3.92. The van der Waals surface area contributed by atoms with Gasteiger partial charge in [0.05, 0.1) is 4.58 Å². The van der Waals surface area contributed by atoms with E-state index >= 15 is 0 Å². The van der Waals surface area contributed by atoms with Crippen LogP contribution in [0.5, 0.6) is 5.75 Å². The number of carbonyl (C=O) groups is 1. The highest BCUT2D eigenvalue weighted by molar-refractivity contribution is 8.19. The Morgan fingerprint density at radius 2 is 1.92 bits per heavy atom. The summed E-state index contributed by atoms with van der Waals surface area (Å²) in [5.41, 5.74) is 4.46. The quantitative estimate of drug-likeness (QED) is 0.832. The molecule has 24 heavy (non-hydrogen) atoms. The Morgan fingerprint density at radius 3 is 2.67 bits per heavy atom. The number of anilines is 1. The molecule has 0 radical (unpaired) electrons. The highest BCUT2D eigenvalue weighted by atomic mass is 32.2. The van der Waals surface area contributed by atoms with E-state index < -0.39 is 0 Å². The second-order valence-electron chi connectivity index (χ2n) is 5.78. The number of hydrogen-bond acceptors (Lipinski definition) is 4. The van der Waals surface area contributed by atoms with Crippen molar-refractivity contribution in [2.45, 2.75) is 18.4 Å². The lowest BCUT2D eigenvalue weighted by atomic mass is 10.1. The maximum Gasteiger partial charge on any atom is 0.262 e. The molecule has 0 unspecified atom stereocenters. The van der Waals surface area contributed by atoms with Gasteiger partial charge in [-0.25, -0.2) is 0 Å². The first-order chi connectivity index (χ1) is 11.6. The van der Waals surface area contributed by atoms with Gasteiger partial charge >= 0.3 is 0 Å². The Bertz CT molecular complexity index is 727. The lowest BCUT2D eigenvalue weighted by molar-refractivity contribution is -0.118. The van der Waals surface area contributed by atoms with Crippen LogP contribution in [0.2, 0.25) is 0 Å². The van der Waals surface area contributed by atoms with Crippen LogP contribution < -0.4 is 10.1 Å². The van der Waals surface area contributed by atoms with Crippen LogP contribution in [0.15, 0.2) is 42.5 Å². The minimum Gasteiger partial charge on any atom is -0.484 e. The monoisotopic (exact) mass is 359 g/mol. The van der Waals surface area contributed by atoms with Gasteiger partial charge in [-0.3, -0.25) is 4.79 Å². The number of hydrogen-bond donors (Lipinski definition) is 1. The average Bonchev–Trinajstić information content (AvgIpc) is 3.11. The van der Waals surface area contributed by atoms with E-state index in [9.17, 15) is 4.79 Å². The molecule has 1 saturated heterocycles. The van der Waals surface area contributed by atoms with Gasteiger partial charge in [0.25, 0.3) is 5.91 Å². The third kappa shape index (κ3) is 4.48. The average molecular weight is 360 g/mol. The topological polar surface area (TPSA) is 38.3 Å². The smallest absolute Gasteiger partial charge is 0.262 e. The number of nitrogens with one attached hydrogen (secondary N) is 1. The van der Waals surface area contributed by atoms with Crippen molar-refractivity contribution in [3.8, 4) is 5.75 Å². The van der Waals surface area contributed by atoms with E-state index in [1.54, 1.807) is 0 Å². The van der Waals surface area contributed by atoms with Crippen LogP contribution in [-0.2, 0) is 4.79 Å². The standard InChI is InChI=1S/C19H21NO2S2/c1-13-6-7-17(10-14(13)2)22-12-18(21)20-16-5-3-4-15(11-16)19-23-8-9-24-19/h3-7,10-11,19H,8-9,12H2,1-2H3,(H,20,21). The Morgan fingerprint density at radius 1 is 1.12 bits per heavy atom. The van der Waals surface area contributed by atoms with Crippen LogP contribution in [0.25, 0.3) is 0 Å². The Labute approximate surface area is 151 Å². The number of carbonyl (C=O) groups excluding carboxylic acids is 1. The van der Waals surface area contributed by atoms with Gasteiger partial charge in [-0.1, -0.05) is 18.2 Å². The third-order valence-corrected chi connectivity index (χ3v) is 7.02. The largest absolute Gasteiger partial charge is 0.484 e. The molecule has 0 spiro atoms. The van der Waals surface area contributed by atoms with Gasteiger partial charge in [0.1, 0.15) is 5.75 Å². The fourth-order valence-electron chi connectivity index (χ4n) is 2.46. The number of rotatable bonds is 5. The fourth-order valence-corrected chi connectivity index (χ4v) is 5.30. The van der Waals surface area contributed by atoms with E-state index in [1.165, 1.54) is 22.6 Å². The van der Waals surface area contributed by atoms with Crippen molar-refractivity contribution in [3.05, 3.63) is 59.2 Å². The zero-order valence-corrected chi connectivity index (χ0v) is 15.5. The van der Waals surface area contributed by atoms with Crippen molar-refractivity contribution in [2.75, 3.05) is 23.4 Å². The highest BCUT2D eigenvalue weighted by Crippen LogP contribution is 2.45. The number of thioether (sulfide) groups is 2. The van der Waals surface area contributed by atoms with Gasteiger partial charge in [-0.15, -0.1) is 23.5 Å². The summed E-state index contributed by atoms with van der Waals surface area (Å²) in [4.78, 5) is 12.1. The van der Waals surface area contributed by atoms with E-state index in [-0.39, 0.29) is 12.5 Å². The zero-order chi connectivity index (χ0) is 16.9. The van der Waals surface area contributed by atoms with Crippen LogP contribution in [0.4, 0.5) is 5.69 Å². The van der Waals surface area contributed by atoms with Crippen LogP contribution in [-0.4, -0.2) is 24.0 Å². The van der Waals surface area contributed by atoms with Gasteiger partial charge in [0.2, 0.25) is 0 Å². The molecule has 2 aromatic carbocycles. The molecule has 3 rings (SSSR count). The van der Waals surface area contributed by atoms with Crippen molar-refractivity contribution >= 4 is 35.1 Å². The van der Waals surface area contributed by atoms with Crippen LogP contribution >= 0.6 is 23.5 Å². The summed E-state index contributed by atoms with van der Waals surface area (Å²) in [5, 5.41) is 2.92. The summed E-state index contributed by atoms with van der Waals surface area (Å²) in [6.45, 7) is 4.10. The maximum absolute atomic E-state index is 12.1. The maximum atomic E-state index is 12.1. The molecule has 0 aliphatic carbocycles. The summed E-state index contributed by atoms with van der Waals surface area (Å²) in [7, 11) is 0. The van der Waals surface area contributed by atoms with Crippen molar-refractivity contribution < 1.29 is 9.53 Å². The number of ether oxygens (including phenoxy) is 1. The minimum atomic E-state index is -0.142. The lowest BCUT2D eigenvalue weighted by Crippen LogP contribution is -2.20. The first-order valence-corrected chi connectivity index (χ1v) is 10.0. The van der Waals surface area contributed by atoms with E-state index in [2.05, 4.69) is 24.4 Å². The molecule has 1 amide bonds. The normalized spacial score (nSPS) is 14.6. The van der Waals surface area contributed by atoms with Crippen molar-refractivity contribution in [3.63, 3.8) is 0 Å². The lowest BCUT2D eigenvalue weighted by Gasteiger charge is -2.12. The molecular formula is C19H21NO2S2. The number of amides is 1. The summed E-state index contributed by atoms with van der Waals surface area (Å²) in [5.74, 6) is 2.96. The van der Waals surface area contributed by atoms with Crippen molar-refractivity contribution in [1.82, 2.24) is 0 Å². The van der Waals surface area contributed by atoms with Gasteiger partial charge < -0.3 is 10.1 Å². The molecule has 1 aliphatic heterocycles. The molecule has 126 valence electrons. The fraction of sp³-hybridized carbons (Fsp3) is 0.316. The minimum absolute atomic E-state index is 0.0135. The van der Waals surface area contributed by atoms with Crippen molar-refractivity contribution in [2.24, 2.45) is 0 Å². The van der Waals surface area contributed by atoms with Crippen LogP contribution in [0, 0.1) is 13.8 Å². The highest BCUT2D eigenvalue weighted by Gasteiger charge is 2.18. The molecule has 1 fully saturated rings. The Kier molecular flexibility index (Phi) is 5.74. The van der Waals surface area contributed by atoms with Crippen LogP contribution in [0.1, 0.15) is 21.3 Å². The van der Waals surface area contributed by atoms with Gasteiger partial charge in [0, 0.05) is 17.2 Å². The van der Waals surface area contributed by atoms with Gasteiger partial charge in [-0.2, -0.15) is 0 Å². The van der Waals surface area contributed by atoms with E-state index in [1.807, 2.05) is 60.8 Å². The molecule has 1 aliphatic rings. The molecule has 3 nitrogen and oxygen atoms in total. The molecule has 0 bridgehead atoms. The first-order valence-electron chi connectivity index (χ1n) is 7.95. The number of benzene rings is 2. The first kappa shape index (κ1) is 17.2. The molecule has 5 heteroatoms. The Hall–Kier alpha value is -1.59. The van der Waals surface area contributed by atoms with E-state index in [4.69, 9.17) is 4.74 Å². The van der Waals surface area contributed by atoms with Gasteiger partial charge in [0.15, 0.2) is 6.61 Å². The van der Waals surface area contributed by atoms with E-state index in [0.29, 0.717) is 4.58 Å². The second-order valence-corrected chi connectivity index (χ2v) is 8.51.